The summed E-state index contributed by atoms with van der Waals surface area (Å²) >= 11 is 9.45. The van der Waals surface area contributed by atoms with Crippen molar-refractivity contribution in [1.29, 1.82) is 0 Å². The molecule has 18 heavy (non-hydrogen) atoms. The van der Waals surface area contributed by atoms with Crippen LogP contribution in [0.4, 0.5) is 5.69 Å². The fourth-order valence-electron chi connectivity index (χ4n) is 1.71. The van der Waals surface area contributed by atoms with Crippen LogP contribution in [0.3, 0.4) is 0 Å². The topological polar surface area (TPSA) is 35.5 Å². The van der Waals surface area contributed by atoms with Crippen molar-refractivity contribution in [3.05, 3.63) is 27.7 Å². The van der Waals surface area contributed by atoms with Gasteiger partial charge in [0.25, 0.3) is 0 Å². The highest BCUT2D eigenvalue weighted by atomic mass is 79.9. The Morgan fingerprint density at radius 3 is 2.61 bits per heavy atom. The lowest BCUT2D eigenvalue weighted by Crippen LogP contribution is -2.35. The highest BCUT2D eigenvalue weighted by Crippen LogP contribution is 2.25. The monoisotopic (exact) mass is 334 g/mol. The number of rotatable bonds is 7. The highest BCUT2D eigenvalue weighted by Gasteiger charge is 2.09. The molecule has 0 aromatic heterocycles. The van der Waals surface area contributed by atoms with E-state index in [1.165, 1.54) is 0 Å². The van der Waals surface area contributed by atoms with E-state index in [9.17, 15) is 5.11 Å². The first-order chi connectivity index (χ1) is 8.56. The van der Waals surface area contributed by atoms with Crippen molar-refractivity contribution >= 4 is 33.2 Å². The van der Waals surface area contributed by atoms with Crippen molar-refractivity contribution in [2.75, 3.05) is 31.5 Å². The Balaban J connectivity index is 2.44. The Morgan fingerprint density at radius 1 is 1.39 bits per heavy atom. The summed E-state index contributed by atoms with van der Waals surface area (Å²) in [5, 5.41) is 13.7. The lowest BCUT2D eigenvalue weighted by molar-refractivity contribution is 0.128. The molecule has 2 N–H and O–H groups in total. The van der Waals surface area contributed by atoms with E-state index in [0.29, 0.717) is 18.1 Å². The first-order valence-electron chi connectivity index (χ1n) is 6.16. The molecule has 0 heterocycles. The molecule has 1 atom stereocenters. The molecule has 0 fully saturated rings. The predicted molar refractivity (Wildman–Crippen MR) is 81.4 cm³/mol. The van der Waals surface area contributed by atoms with Crippen LogP contribution in [0.1, 0.15) is 13.8 Å². The van der Waals surface area contributed by atoms with E-state index in [-0.39, 0.29) is 0 Å². The van der Waals surface area contributed by atoms with Gasteiger partial charge >= 0.3 is 0 Å². The number of hydrogen-bond acceptors (Lipinski definition) is 3. The van der Waals surface area contributed by atoms with Gasteiger partial charge in [-0.1, -0.05) is 41.4 Å². The van der Waals surface area contributed by atoms with Gasteiger partial charge < -0.3 is 15.3 Å². The third-order valence-electron chi connectivity index (χ3n) is 2.82. The van der Waals surface area contributed by atoms with Crippen LogP contribution >= 0.6 is 27.5 Å². The largest absolute Gasteiger partial charge is 0.390 e. The molecule has 1 rings (SSSR count). The summed E-state index contributed by atoms with van der Waals surface area (Å²) in [4.78, 5) is 2.19. The third kappa shape index (κ3) is 5.14. The Bertz CT molecular complexity index is 372. The zero-order chi connectivity index (χ0) is 13.5. The second-order valence-electron chi connectivity index (χ2n) is 4.14. The molecule has 0 amide bonds. The molecule has 0 spiro atoms. The summed E-state index contributed by atoms with van der Waals surface area (Å²) in [6.07, 6.45) is -0.399. The molecule has 5 heteroatoms. The molecule has 0 bridgehead atoms. The van der Waals surface area contributed by atoms with E-state index in [0.717, 1.165) is 23.2 Å². The quantitative estimate of drug-likeness (QED) is 0.803. The zero-order valence-electron chi connectivity index (χ0n) is 10.8. The van der Waals surface area contributed by atoms with Crippen LogP contribution in [0.5, 0.6) is 0 Å². The predicted octanol–water partition coefficient (Wildman–Crippen LogP) is 3.22. The number of anilines is 1. The second-order valence-corrected chi connectivity index (χ2v) is 5.47. The summed E-state index contributed by atoms with van der Waals surface area (Å²) in [5.74, 6) is 0. The van der Waals surface area contributed by atoms with E-state index in [1.807, 2.05) is 18.2 Å². The highest BCUT2D eigenvalue weighted by molar-refractivity contribution is 9.10. The van der Waals surface area contributed by atoms with Gasteiger partial charge in [0.15, 0.2) is 0 Å². The van der Waals surface area contributed by atoms with Crippen molar-refractivity contribution in [3.63, 3.8) is 0 Å². The van der Waals surface area contributed by atoms with Crippen LogP contribution in [-0.2, 0) is 0 Å². The number of benzene rings is 1. The Labute approximate surface area is 122 Å². The van der Waals surface area contributed by atoms with Gasteiger partial charge in [-0.2, -0.15) is 0 Å². The minimum absolute atomic E-state index is 0.399. The molecule has 0 aliphatic carbocycles. The average Bonchev–Trinajstić information content (AvgIpc) is 2.35. The van der Waals surface area contributed by atoms with Crippen molar-refractivity contribution in [2.45, 2.75) is 20.0 Å². The van der Waals surface area contributed by atoms with Gasteiger partial charge in [0.05, 0.1) is 16.8 Å². The fourth-order valence-corrected chi connectivity index (χ4v) is 2.45. The molecule has 1 unspecified atom stereocenters. The van der Waals surface area contributed by atoms with Crippen LogP contribution in [0.2, 0.25) is 5.02 Å². The van der Waals surface area contributed by atoms with Gasteiger partial charge in [-0.3, -0.25) is 0 Å². The first kappa shape index (κ1) is 15.8. The molecule has 0 saturated heterocycles. The van der Waals surface area contributed by atoms with Gasteiger partial charge in [-0.05, 0) is 31.3 Å². The van der Waals surface area contributed by atoms with Crippen LogP contribution < -0.4 is 5.32 Å². The van der Waals surface area contributed by atoms with Gasteiger partial charge in [0.1, 0.15) is 0 Å². The van der Waals surface area contributed by atoms with E-state index in [1.54, 1.807) is 0 Å². The maximum atomic E-state index is 9.93. The summed E-state index contributed by atoms with van der Waals surface area (Å²) in [5.41, 5.74) is 0.846. The van der Waals surface area contributed by atoms with Crippen molar-refractivity contribution < 1.29 is 5.11 Å². The van der Waals surface area contributed by atoms with E-state index in [2.05, 4.69) is 40.0 Å². The number of nitrogens with one attached hydrogen (secondary N) is 1. The molecule has 0 radical (unpaired) electrons. The molecule has 0 aliphatic heterocycles. The van der Waals surface area contributed by atoms with Gasteiger partial charge in [-0.25, -0.2) is 0 Å². The van der Waals surface area contributed by atoms with Crippen molar-refractivity contribution in [2.24, 2.45) is 0 Å². The maximum absolute atomic E-state index is 9.93. The van der Waals surface area contributed by atoms with Crippen molar-refractivity contribution in [1.82, 2.24) is 4.90 Å². The number of nitrogens with zero attached hydrogens (tertiary/aromatic N) is 1. The van der Waals surface area contributed by atoms with E-state index >= 15 is 0 Å². The Hall–Kier alpha value is -0.290. The summed E-state index contributed by atoms with van der Waals surface area (Å²) < 4.78 is 0.946. The number of aliphatic hydroxyl groups excluding tert-OH is 1. The molecule has 102 valence electrons. The van der Waals surface area contributed by atoms with Crippen LogP contribution in [-0.4, -0.2) is 42.3 Å². The van der Waals surface area contributed by atoms with Gasteiger partial charge in [0, 0.05) is 17.6 Å². The SMILES string of the molecule is CCN(CC)CC(O)CNc1ccc(Br)cc1Cl. The molecular formula is C13H20BrClN2O. The van der Waals surface area contributed by atoms with Crippen molar-refractivity contribution in [3.8, 4) is 0 Å². The smallest absolute Gasteiger partial charge is 0.0839 e. The lowest BCUT2D eigenvalue weighted by atomic mass is 10.2. The molecule has 0 saturated carbocycles. The number of likely N-dealkylation sites (N-methyl/N-ethyl adjacent to an activating group) is 1. The summed E-state index contributed by atoms with van der Waals surface area (Å²) in [7, 11) is 0. The summed E-state index contributed by atoms with van der Waals surface area (Å²) in [6.45, 7) is 7.26. The number of halogens is 2. The van der Waals surface area contributed by atoms with Crippen LogP contribution in [0, 0.1) is 0 Å². The second kappa shape index (κ2) is 8.00. The van der Waals surface area contributed by atoms with Gasteiger partial charge in [-0.15, -0.1) is 0 Å². The zero-order valence-corrected chi connectivity index (χ0v) is 13.1. The summed E-state index contributed by atoms with van der Waals surface area (Å²) in [6, 6.07) is 5.65. The molecule has 0 aliphatic rings. The average molecular weight is 336 g/mol. The normalized spacial score (nSPS) is 12.8. The third-order valence-corrected chi connectivity index (χ3v) is 3.63. The maximum Gasteiger partial charge on any atom is 0.0839 e. The van der Waals surface area contributed by atoms with E-state index < -0.39 is 6.10 Å². The molecule has 1 aromatic carbocycles. The fraction of sp³-hybridized carbons (Fsp3) is 0.538. The first-order valence-corrected chi connectivity index (χ1v) is 7.33. The lowest BCUT2D eigenvalue weighted by Gasteiger charge is -2.22. The number of hydrogen-bond donors (Lipinski definition) is 2. The Morgan fingerprint density at radius 2 is 2.06 bits per heavy atom. The molecule has 3 nitrogen and oxygen atoms in total. The van der Waals surface area contributed by atoms with Crippen LogP contribution in [0.25, 0.3) is 0 Å². The van der Waals surface area contributed by atoms with E-state index in [4.69, 9.17) is 11.6 Å². The van der Waals surface area contributed by atoms with Crippen LogP contribution in [0.15, 0.2) is 22.7 Å². The Kier molecular flexibility index (Phi) is 7.00. The number of aliphatic hydroxyl groups is 1. The molecular weight excluding hydrogens is 316 g/mol. The minimum atomic E-state index is -0.399. The minimum Gasteiger partial charge on any atom is -0.390 e. The molecule has 1 aromatic rings. The van der Waals surface area contributed by atoms with Gasteiger partial charge in [0.2, 0.25) is 0 Å². The standard InChI is InChI=1S/C13H20BrClN2O/c1-3-17(4-2)9-11(18)8-16-13-6-5-10(14)7-12(13)15/h5-7,11,16,18H,3-4,8-9H2,1-2H3.